The Morgan fingerprint density at radius 1 is 1.21 bits per heavy atom. The van der Waals surface area contributed by atoms with E-state index >= 15 is 0 Å². The standard InChI is InChI=1S/C15H23F2NO/c1-4-11(2)15(10-18-5-6-19-3)12-7-13(16)9-14(17)8-12/h7-9,11,15,18H,4-6,10H2,1-3H3. The molecule has 2 atom stereocenters. The van der Waals surface area contributed by atoms with Crippen molar-refractivity contribution in [2.75, 3.05) is 26.8 Å². The van der Waals surface area contributed by atoms with Gasteiger partial charge in [0, 0.05) is 26.3 Å². The monoisotopic (exact) mass is 271 g/mol. The van der Waals surface area contributed by atoms with E-state index in [0.717, 1.165) is 24.6 Å². The van der Waals surface area contributed by atoms with E-state index in [0.29, 0.717) is 19.1 Å². The summed E-state index contributed by atoms with van der Waals surface area (Å²) >= 11 is 0. The van der Waals surface area contributed by atoms with Gasteiger partial charge in [-0.3, -0.25) is 0 Å². The number of methoxy groups -OCH3 is 1. The third-order valence-electron chi connectivity index (χ3n) is 3.49. The third kappa shape index (κ3) is 5.25. The average molecular weight is 271 g/mol. The van der Waals surface area contributed by atoms with Gasteiger partial charge in [0.2, 0.25) is 0 Å². The van der Waals surface area contributed by atoms with Gasteiger partial charge in [-0.2, -0.15) is 0 Å². The highest BCUT2D eigenvalue weighted by Gasteiger charge is 2.19. The molecule has 0 aliphatic rings. The second kappa shape index (κ2) is 8.23. The molecule has 2 nitrogen and oxygen atoms in total. The van der Waals surface area contributed by atoms with Crippen LogP contribution in [0.5, 0.6) is 0 Å². The van der Waals surface area contributed by atoms with Crippen LogP contribution in [0, 0.1) is 17.6 Å². The zero-order valence-electron chi connectivity index (χ0n) is 11.9. The molecule has 4 heteroatoms. The van der Waals surface area contributed by atoms with E-state index in [2.05, 4.69) is 19.2 Å². The van der Waals surface area contributed by atoms with Crippen LogP contribution in [0.1, 0.15) is 31.7 Å². The van der Waals surface area contributed by atoms with Gasteiger partial charge in [0.15, 0.2) is 0 Å². The summed E-state index contributed by atoms with van der Waals surface area (Å²) < 4.78 is 31.6. The fraction of sp³-hybridized carbons (Fsp3) is 0.600. The summed E-state index contributed by atoms with van der Waals surface area (Å²) in [4.78, 5) is 0. The molecule has 0 aromatic heterocycles. The van der Waals surface area contributed by atoms with Crippen molar-refractivity contribution < 1.29 is 13.5 Å². The summed E-state index contributed by atoms with van der Waals surface area (Å²) in [6, 6.07) is 3.77. The third-order valence-corrected chi connectivity index (χ3v) is 3.49. The maximum atomic E-state index is 13.3. The van der Waals surface area contributed by atoms with Crippen molar-refractivity contribution in [3.63, 3.8) is 0 Å². The Labute approximate surface area is 114 Å². The van der Waals surface area contributed by atoms with Crippen LogP contribution in [-0.2, 0) is 4.74 Å². The minimum Gasteiger partial charge on any atom is -0.383 e. The van der Waals surface area contributed by atoms with Crippen molar-refractivity contribution >= 4 is 0 Å². The molecule has 1 rings (SSSR count). The average Bonchev–Trinajstić information content (AvgIpc) is 2.37. The fourth-order valence-corrected chi connectivity index (χ4v) is 2.15. The van der Waals surface area contributed by atoms with E-state index in [4.69, 9.17) is 4.74 Å². The molecular weight excluding hydrogens is 248 g/mol. The van der Waals surface area contributed by atoms with Crippen LogP contribution in [0.15, 0.2) is 18.2 Å². The second-order valence-electron chi connectivity index (χ2n) is 4.89. The molecule has 0 aliphatic heterocycles. The molecule has 0 radical (unpaired) electrons. The van der Waals surface area contributed by atoms with Crippen molar-refractivity contribution in [2.24, 2.45) is 5.92 Å². The molecule has 2 unspecified atom stereocenters. The van der Waals surface area contributed by atoms with Crippen LogP contribution in [0.4, 0.5) is 8.78 Å². The molecule has 0 spiro atoms. The van der Waals surface area contributed by atoms with E-state index in [1.54, 1.807) is 7.11 Å². The Morgan fingerprint density at radius 3 is 2.37 bits per heavy atom. The minimum absolute atomic E-state index is 0.104. The van der Waals surface area contributed by atoms with Crippen LogP contribution in [0.3, 0.4) is 0 Å². The normalized spacial score (nSPS) is 14.4. The summed E-state index contributed by atoms with van der Waals surface area (Å²) in [5.74, 6) is -0.566. The Kier molecular flexibility index (Phi) is 6.95. The Hall–Kier alpha value is -1.00. The number of halogens is 2. The Morgan fingerprint density at radius 2 is 1.84 bits per heavy atom. The van der Waals surface area contributed by atoms with Crippen molar-refractivity contribution in [2.45, 2.75) is 26.2 Å². The van der Waals surface area contributed by atoms with Crippen molar-refractivity contribution in [1.29, 1.82) is 0 Å². The van der Waals surface area contributed by atoms with Gasteiger partial charge >= 0.3 is 0 Å². The molecule has 0 amide bonds. The molecule has 108 valence electrons. The highest BCUT2D eigenvalue weighted by atomic mass is 19.1. The molecule has 1 aromatic rings. The Bertz CT molecular complexity index is 364. The lowest BCUT2D eigenvalue weighted by molar-refractivity contribution is 0.198. The number of hydrogen-bond acceptors (Lipinski definition) is 2. The van der Waals surface area contributed by atoms with Crippen LogP contribution in [0.2, 0.25) is 0 Å². The van der Waals surface area contributed by atoms with Crippen LogP contribution >= 0.6 is 0 Å². The lowest BCUT2D eigenvalue weighted by Crippen LogP contribution is -2.28. The van der Waals surface area contributed by atoms with E-state index in [1.165, 1.54) is 12.1 Å². The first-order chi connectivity index (χ1) is 9.08. The minimum atomic E-state index is -0.514. The van der Waals surface area contributed by atoms with Crippen molar-refractivity contribution in [1.82, 2.24) is 5.32 Å². The Balaban J connectivity index is 2.77. The van der Waals surface area contributed by atoms with Gasteiger partial charge in [-0.15, -0.1) is 0 Å². The van der Waals surface area contributed by atoms with Crippen molar-refractivity contribution in [3.05, 3.63) is 35.4 Å². The molecule has 0 bridgehead atoms. The number of hydrogen-bond donors (Lipinski definition) is 1. The molecule has 0 saturated carbocycles. The first-order valence-corrected chi connectivity index (χ1v) is 6.74. The first kappa shape index (κ1) is 16.1. The van der Waals surface area contributed by atoms with Gasteiger partial charge in [0.05, 0.1) is 6.61 Å². The lowest BCUT2D eigenvalue weighted by Gasteiger charge is -2.24. The summed E-state index contributed by atoms with van der Waals surface area (Å²) in [5, 5.41) is 3.27. The van der Waals surface area contributed by atoms with Gasteiger partial charge in [0.1, 0.15) is 11.6 Å². The van der Waals surface area contributed by atoms with Crippen LogP contribution in [0.25, 0.3) is 0 Å². The number of benzene rings is 1. The maximum absolute atomic E-state index is 13.3. The summed E-state index contributed by atoms with van der Waals surface area (Å²) in [5.41, 5.74) is 0.719. The van der Waals surface area contributed by atoms with Gasteiger partial charge in [-0.25, -0.2) is 8.78 Å². The molecule has 1 N–H and O–H groups in total. The first-order valence-electron chi connectivity index (χ1n) is 6.74. The summed E-state index contributed by atoms with van der Waals surface area (Å²) in [7, 11) is 1.65. The topological polar surface area (TPSA) is 21.3 Å². The predicted molar refractivity (Wildman–Crippen MR) is 73.3 cm³/mol. The van der Waals surface area contributed by atoms with Gasteiger partial charge in [-0.05, 0) is 29.5 Å². The largest absolute Gasteiger partial charge is 0.383 e. The van der Waals surface area contributed by atoms with E-state index in [-0.39, 0.29) is 5.92 Å². The van der Waals surface area contributed by atoms with Gasteiger partial charge < -0.3 is 10.1 Å². The van der Waals surface area contributed by atoms with E-state index in [1.807, 2.05) is 0 Å². The van der Waals surface area contributed by atoms with Crippen LogP contribution < -0.4 is 5.32 Å². The smallest absolute Gasteiger partial charge is 0.126 e. The quantitative estimate of drug-likeness (QED) is 0.732. The highest BCUT2D eigenvalue weighted by Crippen LogP contribution is 2.27. The number of ether oxygens (including phenoxy) is 1. The summed E-state index contributed by atoms with van der Waals surface area (Å²) in [6.45, 7) is 6.25. The SMILES string of the molecule is CCC(C)C(CNCCOC)c1cc(F)cc(F)c1. The second-order valence-corrected chi connectivity index (χ2v) is 4.89. The zero-order chi connectivity index (χ0) is 14.3. The molecule has 0 heterocycles. The zero-order valence-corrected chi connectivity index (χ0v) is 11.9. The molecular formula is C15H23F2NO. The van der Waals surface area contributed by atoms with Crippen molar-refractivity contribution in [3.8, 4) is 0 Å². The lowest BCUT2D eigenvalue weighted by atomic mass is 9.85. The summed E-state index contributed by atoms with van der Waals surface area (Å²) in [6.07, 6.45) is 0.967. The highest BCUT2D eigenvalue weighted by molar-refractivity contribution is 5.23. The number of rotatable bonds is 8. The molecule has 0 aliphatic carbocycles. The molecule has 19 heavy (non-hydrogen) atoms. The van der Waals surface area contributed by atoms with E-state index < -0.39 is 11.6 Å². The van der Waals surface area contributed by atoms with Crippen LogP contribution in [-0.4, -0.2) is 26.8 Å². The van der Waals surface area contributed by atoms with Gasteiger partial charge in [-0.1, -0.05) is 20.3 Å². The van der Waals surface area contributed by atoms with Gasteiger partial charge in [0.25, 0.3) is 0 Å². The van der Waals surface area contributed by atoms with E-state index in [9.17, 15) is 8.78 Å². The molecule has 1 aromatic carbocycles. The number of nitrogens with one attached hydrogen (secondary N) is 1. The molecule has 0 saturated heterocycles. The molecule has 0 fully saturated rings. The predicted octanol–water partition coefficient (Wildman–Crippen LogP) is 3.33. The maximum Gasteiger partial charge on any atom is 0.126 e. The fourth-order valence-electron chi connectivity index (χ4n) is 2.15.